The summed E-state index contributed by atoms with van der Waals surface area (Å²) in [6.07, 6.45) is 6.25. The average Bonchev–Trinajstić information content (AvgIpc) is 3.03. The van der Waals surface area contributed by atoms with Gasteiger partial charge in [0, 0.05) is 24.0 Å². The Kier molecular flexibility index (Phi) is 4.88. The van der Waals surface area contributed by atoms with E-state index in [1.807, 2.05) is 0 Å². The third-order valence-electron chi connectivity index (χ3n) is 6.08. The van der Waals surface area contributed by atoms with Gasteiger partial charge in [-0.25, -0.2) is 0 Å². The molecule has 4 heteroatoms. The van der Waals surface area contributed by atoms with Crippen molar-refractivity contribution in [2.75, 3.05) is 11.5 Å². The van der Waals surface area contributed by atoms with E-state index < -0.39 is 0 Å². The van der Waals surface area contributed by atoms with Crippen LogP contribution < -0.4 is 5.32 Å². The summed E-state index contributed by atoms with van der Waals surface area (Å²) in [7, 11) is 0. The Bertz CT molecular complexity index is 578. The summed E-state index contributed by atoms with van der Waals surface area (Å²) in [5, 5.41) is 3.20. The van der Waals surface area contributed by atoms with Gasteiger partial charge in [0.25, 0.3) is 0 Å². The molecule has 2 nitrogen and oxygen atoms in total. The zero-order valence-corrected chi connectivity index (χ0v) is 16.1. The van der Waals surface area contributed by atoms with Crippen LogP contribution in [0, 0.1) is 24.7 Å². The van der Waals surface area contributed by atoms with E-state index in [-0.39, 0.29) is 11.8 Å². The molecule has 1 saturated heterocycles. The number of nitrogens with one attached hydrogen (secondary N) is 1. The fourth-order valence-electron chi connectivity index (χ4n) is 4.86. The standard InChI is InChI=1S/C20H27NOS2/c1-14-5-7-15(8-6-14)13-21-19(22)16-11-17-3-2-4-18(12-16)20(17)23-9-10-24-20/h5-8,16-18H,2-4,9-13H2,1H3,(H,21,22)/t16?,17-,18+. The number of aryl methyl sites for hydroxylation is 1. The lowest BCUT2D eigenvalue weighted by atomic mass is 9.67. The van der Waals surface area contributed by atoms with Crippen molar-refractivity contribution in [3.63, 3.8) is 0 Å². The van der Waals surface area contributed by atoms with Crippen molar-refractivity contribution >= 4 is 29.4 Å². The van der Waals surface area contributed by atoms with Gasteiger partial charge in [-0.1, -0.05) is 36.2 Å². The highest BCUT2D eigenvalue weighted by atomic mass is 32.2. The van der Waals surface area contributed by atoms with Crippen LogP contribution in [0.15, 0.2) is 24.3 Å². The molecule has 2 saturated carbocycles. The second-order valence-electron chi connectivity index (χ2n) is 7.61. The highest BCUT2D eigenvalue weighted by molar-refractivity contribution is 8.21. The topological polar surface area (TPSA) is 29.1 Å². The number of hydrogen-bond donors (Lipinski definition) is 1. The molecule has 3 aliphatic rings. The quantitative estimate of drug-likeness (QED) is 0.852. The third kappa shape index (κ3) is 3.12. The lowest BCUT2D eigenvalue weighted by molar-refractivity contribution is -0.127. The number of carbonyl (C=O) groups excluding carboxylic acids is 1. The van der Waals surface area contributed by atoms with E-state index in [1.54, 1.807) is 0 Å². The van der Waals surface area contributed by atoms with Gasteiger partial charge >= 0.3 is 0 Å². The van der Waals surface area contributed by atoms with Crippen LogP contribution in [0.1, 0.15) is 43.2 Å². The third-order valence-corrected chi connectivity index (χ3v) is 10.1. The molecule has 1 amide bonds. The molecular weight excluding hydrogens is 334 g/mol. The van der Waals surface area contributed by atoms with Crippen molar-refractivity contribution < 1.29 is 4.79 Å². The van der Waals surface area contributed by atoms with Crippen molar-refractivity contribution in [1.29, 1.82) is 0 Å². The normalized spacial score (nSPS) is 31.1. The van der Waals surface area contributed by atoms with Crippen LogP contribution in [0.4, 0.5) is 0 Å². The van der Waals surface area contributed by atoms with Gasteiger partial charge in [-0.15, -0.1) is 23.5 Å². The summed E-state index contributed by atoms with van der Waals surface area (Å²) >= 11 is 4.43. The van der Waals surface area contributed by atoms with E-state index in [0.29, 0.717) is 10.6 Å². The summed E-state index contributed by atoms with van der Waals surface area (Å²) in [6, 6.07) is 8.47. The lowest BCUT2D eigenvalue weighted by Crippen LogP contribution is -2.49. The van der Waals surface area contributed by atoms with Gasteiger partial charge in [0.15, 0.2) is 0 Å². The molecule has 130 valence electrons. The number of thioether (sulfide) groups is 2. The van der Waals surface area contributed by atoms with E-state index in [4.69, 9.17) is 0 Å². The van der Waals surface area contributed by atoms with E-state index in [0.717, 1.165) is 24.7 Å². The monoisotopic (exact) mass is 361 g/mol. The summed E-state index contributed by atoms with van der Waals surface area (Å²) < 4.78 is 0.464. The predicted molar refractivity (Wildman–Crippen MR) is 104 cm³/mol. The summed E-state index contributed by atoms with van der Waals surface area (Å²) in [5.41, 5.74) is 2.46. The van der Waals surface area contributed by atoms with Gasteiger partial charge in [0.05, 0.1) is 4.08 Å². The highest BCUT2D eigenvalue weighted by Crippen LogP contribution is 2.64. The number of benzene rings is 1. The molecule has 1 unspecified atom stereocenters. The van der Waals surface area contributed by atoms with Crippen LogP contribution in [-0.2, 0) is 11.3 Å². The molecule has 24 heavy (non-hydrogen) atoms. The van der Waals surface area contributed by atoms with Crippen molar-refractivity contribution in [2.24, 2.45) is 17.8 Å². The molecule has 1 aromatic rings. The molecule has 1 aliphatic heterocycles. The zero-order valence-electron chi connectivity index (χ0n) is 14.4. The lowest BCUT2D eigenvalue weighted by Gasteiger charge is -2.52. The van der Waals surface area contributed by atoms with Gasteiger partial charge in [0.2, 0.25) is 5.91 Å². The molecule has 2 bridgehead atoms. The first-order valence-corrected chi connectivity index (χ1v) is 11.3. The van der Waals surface area contributed by atoms with E-state index in [1.165, 1.54) is 41.9 Å². The first kappa shape index (κ1) is 16.8. The van der Waals surface area contributed by atoms with Gasteiger partial charge < -0.3 is 5.32 Å². The summed E-state index contributed by atoms with van der Waals surface area (Å²) in [5.74, 6) is 4.63. The Morgan fingerprint density at radius 2 is 1.75 bits per heavy atom. The molecule has 1 heterocycles. The SMILES string of the molecule is Cc1ccc(CNC(=O)C2C[C@H]3CCC[C@@H](C2)C32SCCS2)cc1. The van der Waals surface area contributed by atoms with Crippen LogP contribution in [0.2, 0.25) is 0 Å². The largest absolute Gasteiger partial charge is 0.352 e. The molecule has 1 aromatic carbocycles. The van der Waals surface area contributed by atoms with Gasteiger partial charge in [0.1, 0.15) is 0 Å². The van der Waals surface area contributed by atoms with Crippen LogP contribution in [0.3, 0.4) is 0 Å². The maximum absolute atomic E-state index is 12.7. The van der Waals surface area contributed by atoms with E-state index in [9.17, 15) is 4.79 Å². The van der Waals surface area contributed by atoms with Crippen LogP contribution in [0.25, 0.3) is 0 Å². The molecule has 0 radical (unpaired) electrons. The Morgan fingerprint density at radius 3 is 2.38 bits per heavy atom. The molecular formula is C20H27NOS2. The van der Waals surface area contributed by atoms with E-state index in [2.05, 4.69) is 60.0 Å². The van der Waals surface area contributed by atoms with Crippen LogP contribution in [-0.4, -0.2) is 21.5 Å². The second kappa shape index (κ2) is 6.95. The van der Waals surface area contributed by atoms with Crippen LogP contribution >= 0.6 is 23.5 Å². The molecule has 1 spiro atoms. The molecule has 3 fully saturated rings. The van der Waals surface area contributed by atoms with Crippen molar-refractivity contribution in [3.8, 4) is 0 Å². The summed E-state index contributed by atoms with van der Waals surface area (Å²) in [4.78, 5) is 12.7. The first-order chi connectivity index (χ1) is 11.7. The van der Waals surface area contributed by atoms with Gasteiger partial charge in [-0.3, -0.25) is 4.79 Å². The Labute approximate surface area is 153 Å². The fraction of sp³-hybridized carbons (Fsp3) is 0.650. The molecule has 3 atom stereocenters. The number of hydrogen-bond acceptors (Lipinski definition) is 3. The van der Waals surface area contributed by atoms with Gasteiger partial charge in [-0.2, -0.15) is 0 Å². The van der Waals surface area contributed by atoms with Crippen molar-refractivity contribution in [2.45, 2.75) is 49.7 Å². The number of amides is 1. The maximum Gasteiger partial charge on any atom is 0.223 e. The Hall–Kier alpha value is -0.610. The molecule has 1 N–H and O–H groups in total. The minimum Gasteiger partial charge on any atom is -0.352 e. The van der Waals surface area contributed by atoms with Crippen molar-refractivity contribution in [1.82, 2.24) is 5.32 Å². The fourth-order valence-corrected chi connectivity index (χ4v) is 8.80. The van der Waals surface area contributed by atoms with Crippen LogP contribution in [0.5, 0.6) is 0 Å². The zero-order chi connectivity index (χ0) is 16.6. The number of carbonyl (C=O) groups is 1. The van der Waals surface area contributed by atoms with Gasteiger partial charge in [-0.05, 0) is 50.0 Å². The average molecular weight is 362 g/mol. The first-order valence-electron chi connectivity index (χ1n) is 9.28. The molecule has 0 aromatic heterocycles. The molecule has 4 rings (SSSR count). The predicted octanol–water partition coefficient (Wildman–Crippen LogP) is 4.61. The van der Waals surface area contributed by atoms with E-state index >= 15 is 0 Å². The van der Waals surface area contributed by atoms with Crippen molar-refractivity contribution in [3.05, 3.63) is 35.4 Å². The Morgan fingerprint density at radius 1 is 1.12 bits per heavy atom. The molecule has 2 aliphatic carbocycles. The Balaban J connectivity index is 1.38. The minimum absolute atomic E-state index is 0.234. The maximum atomic E-state index is 12.7. The highest BCUT2D eigenvalue weighted by Gasteiger charge is 2.55. The second-order valence-corrected chi connectivity index (χ2v) is 10.6. The summed E-state index contributed by atoms with van der Waals surface area (Å²) in [6.45, 7) is 2.76. The number of rotatable bonds is 3. The minimum atomic E-state index is 0.234. The smallest absolute Gasteiger partial charge is 0.223 e.